The molecule has 1 unspecified atom stereocenters. The van der Waals surface area contributed by atoms with E-state index in [1.807, 2.05) is 18.2 Å². The summed E-state index contributed by atoms with van der Waals surface area (Å²) >= 11 is 4.99. The maximum absolute atomic E-state index is 13.3. The van der Waals surface area contributed by atoms with Gasteiger partial charge in [0, 0.05) is 27.7 Å². The summed E-state index contributed by atoms with van der Waals surface area (Å²) in [6.45, 7) is 0. The molecule has 5 rings (SSSR count). The number of aliphatic imine (C=N–C) groups is 1. The summed E-state index contributed by atoms with van der Waals surface area (Å²) in [5, 5.41) is 3.21. The zero-order chi connectivity index (χ0) is 21.3. The minimum absolute atomic E-state index is 0.0760. The number of amidine groups is 1. The molecule has 1 aromatic carbocycles. The molecule has 30 heavy (non-hydrogen) atoms. The SMILES string of the molecule is NC1=NC2(CS1)c1cc(Br)ccc1O[C@H]1CC[C@H](NC(=O)C3(C(F)(F)F)CC3)C[C@@H]12. The minimum Gasteiger partial charge on any atom is -0.490 e. The molecule has 10 heteroatoms. The van der Waals surface area contributed by atoms with E-state index in [9.17, 15) is 18.0 Å². The van der Waals surface area contributed by atoms with Crippen molar-refractivity contribution in [3.8, 4) is 5.75 Å². The van der Waals surface area contributed by atoms with Crippen molar-refractivity contribution in [2.75, 3.05) is 5.75 Å². The topological polar surface area (TPSA) is 76.7 Å². The molecule has 3 N–H and O–H groups in total. The second-order valence-corrected chi connectivity index (χ2v) is 10.5. The molecule has 0 aromatic heterocycles. The Labute approximate surface area is 184 Å². The van der Waals surface area contributed by atoms with Gasteiger partial charge in [0.15, 0.2) is 5.17 Å². The number of nitrogens with two attached hydrogens (primary N) is 1. The number of ether oxygens (including phenoxy) is 1. The fourth-order valence-electron chi connectivity index (χ4n) is 5.08. The van der Waals surface area contributed by atoms with Gasteiger partial charge < -0.3 is 15.8 Å². The standard InChI is InChI=1S/C20H21BrF3N3O2S/c21-10-1-3-14-12(7-10)19(9-30-17(25)27-19)13-8-11(2-4-15(13)29-14)26-16(28)18(5-6-18)20(22,23)24/h1,3,7,11,13,15H,2,4-6,8-9H2,(H2,25,27)(H,26,28)/t11-,13-,15-,19?/m0/s1. The maximum atomic E-state index is 13.3. The van der Waals surface area contributed by atoms with Crippen molar-refractivity contribution < 1.29 is 22.7 Å². The predicted octanol–water partition coefficient (Wildman–Crippen LogP) is 4.09. The molecule has 0 radical (unpaired) electrons. The average molecular weight is 504 g/mol. The number of amides is 1. The molecule has 2 saturated carbocycles. The quantitative estimate of drug-likeness (QED) is 0.636. The van der Waals surface area contributed by atoms with E-state index in [0.29, 0.717) is 30.2 Å². The third kappa shape index (κ3) is 3.04. The molecular formula is C20H21BrF3N3O2S. The lowest BCUT2D eigenvalue weighted by atomic mass is 9.67. The Morgan fingerprint density at radius 1 is 1.33 bits per heavy atom. The fourth-order valence-corrected chi connectivity index (χ4v) is 6.48. The second-order valence-electron chi connectivity index (χ2n) is 8.63. The normalized spacial score (nSPS) is 33.9. The lowest BCUT2D eigenvalue weighted by Gasteiger charge is -2.48. The minimum atomic E-state index is -4.50. The Morgan fingerprint density at radius 3 is 2.73 bits per heavy atom. The van der Waals surface area contributed by atoms with Crippen LogP contribution in [0.3, 0.4) is 0 Å². The van der Waals surface area contributed by atoms with E-state index in [1.54, 1.807) is 0 Å². The highest BCUT2D eigenvalue weighted by Gasteiger charge is 2.68. The highest BCUT2D eigenvalue weighted by Crippen LogP contribution is 2.58. The summed E-state index contributed by atoms with van der Waals surface area (Å²) in [7, 11) is 0. The Morgan fingerprint density at radius 2 is 2.10 bits per heavy atom. The molecule has 0 saturated heterocycles. The van der Waals surface area contributed by atoms with Crippen molar-refractivity contribution in [1.29, 1.82) is 0 Å². The molecule has 4 atom stereocenters. The molecule has 162 valence electrons. The van der Waals surface area contributed by atoms with E-state index in [0.717, 1.165) is 15.8 Å². The smallest absolute Gasteiger partial charge is 0.403 e. The number of carbonyl (C=O) groups excluding carboxylic acids is 1. The van der Waals surface area contributed by atoms with E-state index in [-0.39, 0.29) is 30.9 Å². The van der Waals surface area contributed by atoms with Gasteiger partial charge in [-0.2, -0.15) is 13.2 Å². The van der Waals surface area contributed by atoms with Crippen LogP contribution in [0.2, 0.25) is 0 Å². The van der Waals surface area contributed by atoms with Crippen LogP contribution in [0.5, 0.6) is 5.75 Å². The van der Waals surface area contributed by atoms with Crippen molar-refractivity contribution in [3.63, 3.8) is 0 Å². The summed E-state index contributed by atoms with van der Waals surface area (Å²) in [6, 6.07) is 5.48. The molecule has 2 fully saturated rings. The van der Waals surface area contributed by atoms with E-state index in [1.165, 1.54) is 11.8 Å². The van der Waals surface area contributed by atoms with Crippen molar-refractivity contribution >= 4 is 38.8 Å². The number of thioether (sulfide) groups is 1. The molecule has 4 aliphatic rings. The number of alkyl halides is 3. The van der Waals surface area contributed by atoms with Crippen molar-refractivity contribution in [2.24, 2.45) is 22.1 Å². The third-order valence-corrected chi connectivity index (χ3v) is 8.36. The zero-order valence-corrected chi connectivity index (χ0v) is 18.4. The summed E-state index contributed by atoms with van der Waals surface area (Å²) in [5.41, 5.74) is 4.19. The molecule has 0 bridgehead atoms. The molecule has 2 aliphatic carbocycles. The number of hydrogen-bond donors (Lipinski definition) is 2. The molecule has 1 spiro atoms. The Hall–Kier alpha value is -1.42. The largest absolute Gasteiger partial charge is 0.490 e. The second kappa shape index (κ2) is 6.79. The van der Waals surface area contributed by atoms with Gasteiger partial charge in [-0.3, -0.25) is 4.79 Å². The molecule has 1 amide bonds. The molecule has 5 nitrogen and oxygen atoms in total. The first-order chi connectivity index (χ1) is 14.1. The van der Waals surface area contributed by atoms with E-state index in [4.69, 9.17) is 15.5 Å². The lowest BCUT2D eigenvalue weighted by molar-refractivity contribution is -0.192. The predicted molar refractivity (Wildman–Crippen MR) is 111 cm³/mol. The first-order valence-electron chi connectivity index (χ1n) is 9.97. The average Bonchev–Trinajstić information content (AvgIpc) is 3.42. The van der Waals surface area contributed by atoms with Crippen molar-refractivity contribution in [2.45, 2.75) is 56.0 Å². The van der Waals surface area contributed by atoms with Gasteiger partial charge >= 0.3 is 6.18 Å². The first kappa shape index (κ1) is 20.5. The van der Waals surface area contributed by atoms with E-state index >= 15 is 0 Å². The van der Waals surface area contributed by atoms with Crippen LogP contribution in [0.25, 0.3) is 0 Å². The fraction of sp³-hybridized carbons (Fsp3) is 0.600. The summed E-state index contributed by atoms with van der Waals surface area (Å²) in [6.07, 6.45) is -3.15. The van der Waals surface area contributed by atoms with Crippen LogP contribution < -0.4 is 15.8 Å². The van der Waals surface area contributed by atoms with E-state index in [2.05, 4.69) is 21.2 Å². The summed E-state index contributed by atoms with van der Waals surface area (Å²) in [5.74, 6) is 0.457. The monoisotopic (exact) mass is 503 g/mol. The first-order valence-corrected chi connectivity index (χ1v) is 11.7. The number of benzene rings is 1. The Kier molecular flexibility index (Phi) is 4.63. The van der Waals surface area contributed by atoms with Gasteiger partial charge in [-0.1, -0.05) is 27.7 Å². The van der Waals surface area contributed by atoms with Crippen LogP contribution in [-0.2, 0) is 10.3 Å². The third-order valence-electron chi connectivity index (χ3n) is 6.90. The molecule has 2 heterocycles. The maximum Gasteiger partial charge on any atom is 0.403 e. The van der Waals surface area contributed by atoms with Gasteiger partial charge in [0.2, 0.25) is 5.91 Å². The number of carbonyl (C=O) groups is 1. The van der Waals surface area contributed by atoms with Crippen LogP contribution in [0, 0.1) is 11.3 Å². The lowest BCUT2D eigenvalue weighted by Crippen LogP contribution is -2.55. The highest BCUT2D eigenvalue weighted by molar-refractivity contribution is 9.10. The Bertz CT molecular complexity index is 936. The van der Waals surface area contributed by atoms with Gasteiger partial charge in [0.25, 0.3) is 0 Å². The number of nitrogens with one attached hydrogen (secondary N) is 1. The van der Waals surface area contributed by atoms with Crippen LogP contribution in [0.1, 0.15) is 37.7 Å². The number of hydrogen-bond acceptors (Lipinski definition) is 5. The molecular weight excluding hydrogens is 483 g/mol. The summed E-state index contributed by atoms with van der Waals surface area (Å²) in [4.78, 5) is 17.3. The van der Waals surface area contributed by atoms with Crippen LogP contribution in [0.4, 0.5) is 13.2 Å². The Balaban J connectivity index is 1.43. The zero-order valence-electron chi connectivity index (χ0n) is 16.0. The summed E-state index contributed by atoms with van der Waals surface area (Å²) < 4.78 is 47.2. The van der Waals surface area contributed by atoms with Crippen LogP contribution in [0.15, 0.2) is 27.7 Å². The van der Waals surface area contributed by atoms with Crippen molar-refractivity contribution in [3.05, 3.63) is 28.2 Å². The highest BCUT2D eigenvalue weighted by atomic mass is 79.9. The van der Waals surface area contributed by atoms with Gasteiger partial charge in [0.05, 0.1) is 0 Å². The van der Waals surface area contributed by atoms with Gasteiger partial charge in [-0.15, -0.1) is 0 Å². The number of nitrogens with zero attached hydrogens (tertiary/aromatic N) is 1. The van der Waals surface area contributed by atoms with Gasteiger partial charge in [-0.25, -0.2) is 4.99 Å². The van der Waals surface area contributed by atoms with Gasteiger partial charge in [0.1, 0.15) is 22.8 Å². The van der Waals surface area contributed by atoms with Crippen LogP contribution >= 0.6 is 27.7 Å². The molecule has 1 aromatic rings. The number of halogens is 4. The number of rotatable bonds is 2. The van der Waals surface area contributed by atoms with Gasteiger partial charge in [-0.05, 0) is 50.3 Å². The van der Waals surface area contributed by atoms with Crippen molar-refractivity contribution in [1.82, 2.24) is 5.32 Å². The molecule has 2 aliphatic heterocycles. The van der Waals surface area contributed by atoms with E-state index < -0.39 is 23.0 Å². The van der Waals surface area contributed by atoms with Crippen LogP contribution in [-0.4, -0.2) is 35.1 Å². The number of fused-ring (bicyclic) bond motifs is 4.